The van der Waals surface area contributed by atoms with E-state index in [0.29, 0.717) is 50.6 Å². The first-order valence-electron chi connectivity index (χ1n) is 7.42. The van der Waals surface area contributed by atoms with Crippen molar-refractivity contribution in [1.29, 1.82) is 0 Å². The Morgan fingerprint density at radius 1 is 1.35 bits per heavy atom. The molecule has 2 rings (SSSR count). The number of nitrogens with zero attached hydrogens (tertiary/aromatic N) is 1. The molecule has 8 heteroatoms. The zero-order chi connectivity index (χ0) is 16.9. The number of methoxy groups -OCH3 is 1. The van der Waals surface area contributed by atoms with Gasteiger partial charge in [-0.25, -0.2) is 8.42 Å². The summed E-state index contributed by atoms with van der Waals surface area (Å²) in [6.07, 6.45) is 0. The van der Waals surface area contributed by atoms with Gasteiger partial charge in [-0.3, -0.25) is 4.79 Å². The van der Waals surface area contributed by atoms with Crippen LogP contribution >= 0.6 is 0 Å². The summed E-state index contributed by atoms with van der Waals surface area (Å²) in [5, 5.41) is 2.69. The molecule has 0 atom stereocenters. The molecule has 128 valence electrons. The van der Waals surface area contributed by atoms with Crippen molar-refractivity contribution < 1.29 is 22.7 Å². The topological polar surface area (TPSA) is 84.9 Å². The number of aryl methyl sites for hydroxylation is 1. The highest BCUT2D eigenvalue weighted by Crippen LogP contribution is 2.22. The van der Waals surface area contributed by atoms with Crippen LogP contribution < -0.4 is 5.32 Å². The molecule has 1 aliphatic heterocycles. The summed E-state index contributed by atoms with van der Waals surface area (Å²) in [6.45, 7) is 3.91. The van der Waals surface area contributed by atoms with E-state index in [1.165, 1.54) is 10.4 Å². The molecule has 1 aliphatic rings. The SMILES string of the molecule is COCCNC(=O)c1ccc(C)c(S(=O)(=O)N2CCOCC2)c1. The van der Waals surface area contributed by atoms with Crippen LogP contribution in [-0.4, -0.2) is 65.2 Å². The van der Waals surface area contributed by atoms with Crippen molar-refractivity contribution in [2.45, 2.75) is 11.8 Å². The van der Waals surface area contributed by atoms with Gasteiger partial charge in [-0.15, -0.1) is 0 Å². The van der Waals surface area contributed by atoms with Crippen LogP contribution in [0.2, 0.25) is 0 Å². The number of carbonyl (C=O) groups is 1. The average molecular weight is 342 g/mol. The summed E-state index contributed by atoms with van der Waals surface area (Å²) in [5.41, 5.74) is 0.934. The van der Waals surface area contributed by atoms with E-state index in [1.54, 1.807) is 26.2 Å². The molecule has 7 nitrogen and oxygen atoms in total. The summed E-state index contributed by atoms with van der Waals surface area (Å²) < 4.78 is 37.0. The van der Waals surface area contributed by atoms with Gasteiger partial charge in [0.25, 0.3) is 5.91 Å². The minimum atomic E-state index is -3.63. The molecule has 1 heterocycles. The largest absolute Gasteiger partial charge is 0.383 e. The molecule has 1 amide bonds. The minimum absolute atomic E-state index is 0.166. The molecule has 0 aromatic heterocycles. The Labute approximate surface area is 136 Å². The number of ether oxygens (including phenoxy) is 2. The van der Waals surface area contributed by atoms with E-state index >= 15 is 0 Å². The number of nitrogens with one attached hydrogen (secondary N) is 1. The first kappa shape index (κ1) is 17.9. The molecular weight excluding hydrogens is 320 g/mol. The molecule has 1 fully saturated rings. The molecule has 0 unspecified atom stereocenters. The number of morpholine rings is 1. The fourth-order valence-electron chi connectivity index (χ4n) is 2.31. The normalized spacial score (nSPS) is 16.3. The smallest absolute Gasteiger partial charge is 0.251 e. The zero-order valence-electron chi connectivity index (χ0n) is 13.4. The molecule has 1 aromatic carbocycles. The Hall–Kier alpha value is -1.48. The van der Waals surface area contributed by atoms with Gasteiger partial charge in [-0.1, -0.05) is 6.07 Å². The quantitative estimate of drug-likeness (QED) is 0.756. The average Bonchev–Trinajstić information content (AvgIpc) is 2.56. The van der Waals surface area contributed by atoms with E-state index in [0.717, 1.165) is 0 Å². The zero-order valence-corrected chi connectivity index (χ0v) is 14.2. The summed E-state index contributed by atoms with van der Waals surface area (Å²) in [7, 11) is -2.08. The Kier molecular flexibility index (Phi) is 6.11. The monoisotopic (exact) mass is 342 g/mol. The highest BCUT2D eigenvalue weighted by molar-refractivity contribution is 7.89. The third-order valence-corrected chi connectivity index (χ3v) is 5.67. The van der Waals surface area contributed by atoms with Gasteiger partial charge in [0.15, 0.2) is 0 Å². The maximum absolute atomic E-state index is 12.8. The van der Waals surface area contributed by atoms with Gasteiger partial charge >= 0.3 is 0 Å². The standard InChI is InChI=1S/C15H22N2O5S/c1-12-3-4-13(15(18)16-5-8-21-2)11-14(12)23(19,20)17-6-9-22-10-7-17/h3-4,11H,5-10H2,1-2H3,(H,16,18). The molecule has 23 heavy (non-hydrogen) atoms. The molecule has 1 saturated heterocycles. The van der Waals surface area contributed by atoms with Crippen LogP contribution in [0.3, 0.4) is 0 Å². The Balaban J connectivity index is 2.24. The van der Waals surface area contributed by atoms with Crippen LogP contribution in [0.1, 0.15) is 15.9 Å². The fraction of sp³-hybridized carbons (Fsp3) is 0.533. The Morgan fingerprint density at radius 3 is 2.70 bits per heavy atom. The van der Waals surface area contributed by atoms with Crippen molar-refractivity contribution in [1.82, 2.24) is 9.62 Å². The molecular formula is C15H22N2O5S. The van der Waals surface area contributed by atoms with Crippen LogP contribution in [-0.2, 0) is 19.5 Å². The first-order valence-corrected chi connectivity index (χ1v) is 8.86. The predicted molar refractivity (Wildman–Crippen MR) is 85.0 cm³/mol. The van der Waals surface area contributed by atoms with Crippen molar-refractivity contribution in [2.24, 2.45) is 0 Å². The van der Waals surface area contributed by atoms with E-state index in [2.05, 4.69) is 5.32 Å². The minimum Gasteiger partial charge on any atom is -0.383 e. The van der Waals surface area contributed by atoms with Crippen molar-refractivity contribution in [3.63, 3.8) is 0 Å². The van der Waals surface area contributed by atoms with Gasteiger partial charge in [0, 0.05) is 32.3 Å². The summed E-state index contributed by atoms with van der Waals surface area (Å²) in [6, 6.07) is 4.70. The van der Waals surface area contributed by atoms with E-state index in [-0.39, 0.29) is 10.8 Å². The van der Waals surface area contributed by atoms with Crippen LogP contribution in [0.4, 0.5) is 0 Å². The van der Waals surface area contributed by atoms with Crippen molar-refractivity contribution >= 4 is 15.9 Å². The highest BCUT2D eigenvalue weighted by Gasteiger charge is 2.28. The maximum atomic E-state index is 12.8. The van der Waals surface area contributed by atoms with Crippen molar-refractivity contribution in [3.8, 4) is 0 Å². The highest BCUT2D eigenvalue weighted by atomic mass is 32.2. The van der Waals surface area contributed by atoms with Gasteiger partial charge in [0.2, 0.25) is 10.0 Å². The van der Waals surface area contributed by atoms with E-state index < -0.39 is 10.0 Å². The lowest BCUT2D eigenvalue weighted by atomic mass is 10.1. The Bertz CT molecular complexity index is 654. The first-order chi connectivity index (χ1) is 11.0. The number of amides is 1. The van der Waals surface area contributed by atoms with Crippen LogP contribution in [0, 0.1) is 6.92 Å². The van der Waals surface area contributed by atoms with E-state index in [9.17, 15) is 13.2 Å². The lowest BCUT2D eigenvalue weighted by Gasteiger charge is -2.26. The molecule has 0 radical (unpaired) electrons. The second-order valence-electron chi connectivity index (χ2n) is 5.25. The van der Waals surface area contributed by atoms with Gasteiger partial charge < -0.3 is 14.8 Å². The number of benzene rings is 1. The molecule has 1 aromatic rings. The number of hydrogen-bond acceptors (Lipinski definition) is 5. The van der Waals surface area contributed by atoms with E-state index in [4.69, 9.17) is 9.47 Å². The van der Waals surface area contributed by atoms with Crippen molar-refractivity contribution in [2.75, 3.05) is 46.6 Å². The lowest BCUT2D eigenvalue weighted by molar-refractivity contribution is 0.0730. The summed E-state index contributed by atoms with van der Waals surface area (Å²) in [4.78, 5) is 12.3. The number of carbonyl (C=O) groups excluding carboxylic acids is 1. The maximum Gasteiger partial charge on any atom is 0.251 e. The third-order valence-electron chi connectivity index (χ3n) is 3.63. The number of hydrogen-bond donors (Lipinski definition) is 1. The second-order valence-corrected chi connectivity index (χ2v) is 7.15. The van der Waals surface area contributed by atoms with E-state index in [1.807, 2.05) is 0 Å². The summed E-state index contributed by atoms with van der Waals surface area (Å²) in [5.74, 6) is -0.319. The predicted octanol–water partition coefficient (Wildman–Crippen LogP) is 0.392. The second kappa shape index (κ2) is 7.87. The molecule has 0 bridgehead atoms. The fourth-order valence-corrected chi connectivity index (χ4v) is 3.97. The van der Waals surface area contributed by atoms with Crippen LogP contribution in [0.25, 0.3) is 0 Å². The molecule has 0 saturated carbocycles. The van der Waals surface area contributed by atoms with Gasteiger partial charge in [-0.2, -0.15) is 4.31 Å². The van der Waals surface area contributed by atoms with Gasteiger partial charge in [-0.05, 0) is 24.6 Å². The third kappa shape index (κ3) is 4.29. The molecule has 1 N–H and O–H groups in total. The van der Waals surface area contributed by atoms with Crippen LogP contribution in [0.5, 0.6) is 0 Å². The molecule has 0 aliphatic carbocycles. The lowest BCUT2D eigenvalue weighted by Crippen LogP contribution is -2.41. The van der Waals surface area contributed by atoms with Crippen LogP contribution in [0.15, 0.2) is 23.1 Å². The van der Waals surface area contributed by atoms with Crippen molar-refractivity contribution in [3.05, 3.63) is 29.3 Å². The molecule has 0 spiro atoms. The Morgan fingerprint density at radius 2 is 2.04 bits per heavy atom. The number of sulfonamides is 1. The summed E-state index contributed by atoms with van der Waals surface area (Å²) >= 11 is 0. The number of rotatable bonds is 6. The van der Waals surface area contributed by atoms with Gasteiger partial charge in [0.05, 0.1) is 24.7 Å². The van der Waals surface area contributed by atoms with Gasteiger partial charge in [0.1, 0.15) is 0 Å².